The molecule has 9 nitrogen and oxygen atoms in total. The number of hydrogen-bond donors (Lipinski definition) is 0. The van der Waals surface area contributed by atoms with Gasteiger partial charge in [0.2, 0.25) is 0 Å². The second-order valence-corrected chi connectivity index (χ2v) is 12.0. The van der Waals surface area contributed by atoms with Crippen molar-refractivity contribution < 1.29 is 41.6 Å². The summed E-state index contributed by atoms with van der Waals surface area (Å²) in [5.41, 5.74) is 0.417. The number of rotatable bonds is 5. The van der Waals surface area contributed by atoms with Crippen LogP contribution in [0.2, 0.25) is 0 Å². The smallest absolute Gasteiger partial charge is 0.340 e. The Morgan fingerprint density at radius 3 is 2.29 bits per heavy atom. The predicted molar refractivity (Wildman–Crippen MR) is 130 cm³/mol. The molecular weight excluding hydrogens is 694 g/mol. The fourth-order valence-electron chi connectivity index (χ4n) is 5.20. The van der Waals surface area contributed by atoms with E-state index in [1.54, 1.807) is 12.1 Å². The summed E-state index contributed by atoms with van der Waals surface area (Å²) in [6.45, 7) is 0. The maximum absolute atomic E-state index is 13.1. The Kier molecular flexibility index (Phi) is 6.13. The summed E-state index contributed by atoms with van der Waals surface area (Å²) in [5, 5.41) is 0. The summed E-state index contributed by atoms with van der Waals surface area (Å²) in [6, 6.07) is 9.88. The molecule has 6 unspecified atom stereocenters. The fraction of sp³-hybridized carbons (Fsp3) is 0.318. The van der Waals surface area contributed by atoms with Gasteiger partial charge in [0.1, 0.15) is 28.1 Å². The molecule has 12 heteroatoms. The van der Waals surface area contributed by atoms with Crippen LogP contribution in [0.5, 0.6) is 5.75 Å². The molecule has 0 spiro atoms. The fourth-order valence-corrected chi connectivity index (χ4v) is 7.62. The Labute approximate surface area is 221 Å². The molecule has 1 heterocycles. The highest BCUT2D eigenvalue weighted by molar-refractivity contribution is 14.1. The SMILES string of the molecule is O=C(OC1C2CC3C1OC(=O)C3C2C(=O)Oc1ccc(S(=O)(=O)[O-])cc1)c1c(I)cccc1I. The molecule has 2 bridgehead atoms. The molecule has 3 aliphatic rings. The first kappa shape index (κ1) is 23.9. The molecule has 3 fully saturated rings. The second-order valence-electron chi connectivity index (χ2n) is 8.33. The molecule has 6 atom stereocenters. The highest BCUT2D eigenvalue weighted by Gasteiger charge is 2.70. The van der Waals surface area contributed by atoms with Crippen molar-refractivity contribution in [3.8, 4) is 5.75 Å². The molecule has 1 aliphatic heterocycles. The Hall–Kier alpha value is -1.78. The lowest BCUT2D eigenvalue weighted by molar-refractivity contribution is -0.149. The molecule has 5 rings (SSSR count). The van der Waals surface area contributed by atoms with Gasteiger partial charge in [0.25, 0.3) is 0 Å². The van der Waals surface area contributed by atoms with Crippen molar-refractivity contribution in [2.45, 2.75) is 23.5 Å². The van der Waals surface area contributed by atoms with Gasteiger partial charge in [0.05, 0.1) is 22.3 Å². The summed E-state index contributed by atoms with van der Waals surface area (Å²) >= 11 is 4.10. The van der Waals surface area contributed by atoms with E-state index in [-0.39, 0.29) is 11.7 Å². The van der Waals surface area contributed by atoms with Crippen LogP contribution in [-0.4, -0.2) is 43.1 Å². The minimum Gasteiger partial charge on any atom is -0.744 e. The number of fused-ring (bicyclic) bond motifs is 1. The first-order chi connectivity index (χ1) is 16.1. The van der Waals surface area contributed by atoms with Gasteiger partial charge in [-0.2, -0.15) is 0 Å². The van der Waals surface area contributed by atoms with E-state index < -0.39 is 62.9 Å². The first-order valence-electron chi connectivity index (χ1n) is 10.2. The third kappa shape index (κ3) is 4.01. The largest absolute Gasteiger partial charge is 0.744 e. The minimum absolute atomic E-state index is 0.0324. The van der Waals surface area contributed by atoms with E-state index in [1.807, 2.05) is 51.2 Å². The summed E-state index contributed by atoms with van der Waals surface area (Å²) in [4.78, 5) is 38.2. The lowest BCUT2D eigenvalue weighted by Crippen LogP contribution is -2.44. The van der Waals surface area contributed by atoms with Crippen molar-refractivity contribution >= 4 is 73.2 Å². The molecule has 0 aromatic heterocycles. The monoisotopic (exact) mass is 709 g/mol. The molecule has 2 aliphatic carbocycles. The van der Waals surface area contributed by atoms with Crippen LogP contribution in [0.15, 0.2) is 47.4 Å². The molecule has 1 saturated heterocycles. The van der Waals surface area contributed by atoms with Crippen LogP contribution < -0.4 is 4.74 Å². The molecule has 0 N–H and O–H groups in total. The van der Waals surface area contributed by atoms with E-state index in [2.05, 4.69) is 0 Å². The number of halogens is 2. The van der Waals surface area contributed by atoms with Crippen LogP contribution in [0.25, 0.3) is 0 Å². The topological polar surface area (TPSA) is 136 Å². The van der Waals surface area contributed by atoms with Gasteiger partial charge in [-0.05, 0) is 88.0 Å². The molecule has 2 saturated carbocycles. The van der Waals surface area contributed by atoms with Crippen molar-refractivity contribution in [3.05, 3.63) is 55.2 Å². The van der Waals surface area contributed by atoms with Crippen molar-refractivity contribution in [1.29, 1.82) is 0 Å². The van der Waals surface area contributed by atoms with E-state index >= 15 is 0 Å². The van der Waals surface area contributed by atoms with Gasteiger partial charge < -0.3 is 18.8 Å². The number of esters is 3. The average Bonchev–Trinajstić information content (AvgIpc) is 3.37. The highest BCUT2D eigenvalue weighted by Crippen LogP contribution is 2.59. The van der Waals surface area contributed by atoms with Gasteiger partial charge in [-0.3, -0.25) is 9.59 Å². The van der Waals surface area contributed by atoms with Crippen LogP contribution in [0.3, 0.4) is 0 Å². The van der Waals surface area contributed by atoms with Gasteiger partial charge in [-0.1, -0.05) is 6.07 Å². The van der Waals surface area contributed by atoms with E-state index in [4.69, 9.17) is 14.2 Å². The summed E-state index contributed by atoms with van der Waals surface area (Å²) in [6.07, 6.45) is -0.900. The van der Waals surface area contributed by atoms with Crippen LogP contribution in [-0.2, 0) is 29.2 Å². The van der Waals surface area contributed by atoms with Gasteiger partial charge >= 0.3 is 17.9 Å². The van der Waals surface area contributed by atoms with Gasteiger partial charge in [0.15, 0.2) is 0 Å². The van der Waals surface area contributed by atoms with Crippen LogP contribution in [0.1, 0.15) is 16.8 Å². The number of benzene rings is 2. The van der Waals surface area contributed by atoms with Crippen LogP contribution in [0, 0.1) is 30.8 Å². The number of carbonyl (C=O) groups is 3. The lowest BCUT2D eigenvalue weighted by atomic mass is 9.78. The molecule has 2 aromatic carbocycles. The zero-order valence-corrected chi connectivity index (χ0v) is 22.2. The summed E-state index contributed by atoms with van der Waals surface area (Å²) in [5.74, 6) is -4.00. The Morgan fingerprint density at radius 2 is 1.68 bits per heavy atom. The second kappa shape index (κ2) is 8.71. The molecule has 34 heavy (non-hydrogen) atoms. The molecule has 0 amide bonds. The number of hydrogen-bond acceptors (Lipinski definition) is 9. The Balaban J connectivity index is 1.37. The maximum atomic E-state index is 13.1. The summed E-state index contributed by atoms with van der Waals surface area (Å²) < 4.78 is 51.5. The molecular formula is C22H15I2O9S-. The summed E-state index contributed by atoms with van der Waals surface area (Å²) in [7, 11) is -4.63. The van der Waals surface area contributed by atoms with Crippen molar-refractivity contribution in [1.82, 2.24) is 0 Å². The normalized spacial score (nSPS) is 29.1. The quantitative estimate of drug-likeness (QED) is 0.199. The maximum Gasteiger partial charge on any atom is 0.340 e. The number of ether oxygens (including phenoxy) is 3. The van der Waals surface area contributed by atoms with Gasteiger partial charge in [-0.25, -0.2) is 13.2 Å². The van der Waals surface area contributed by atoms with Crippen LogP contribution >= 0.6 is 45.2 Å². The standard InChI is InChI=1S/C22H16I2O9S/c23-13-2-1-3-14(24)17(13)22(27)33-19-11-8-12-16(21(26)32-18(12)19)15(11)20(25)31-9-4-6-10(7-5-9)34(28,29)30/h1-7,11-12,15-16,18-19H,8H2,(H,28,29,30)/p-1. The zero-order chi connectivity index (χ0) is 24.4. The Morgan fingerprint density at radius 1 is 1.03 bits per heavy atom. The third-order valence-electron chi connectivity index (χ3n) is 6.56. The predicted octanol–water partition coefficient (Wildman–Crippen LogP) is 2.74. The van der Waals surface area contributed by atoms with E-state index in [9.17, 15) is 27.4 Å². The average molecular weight is 709 g/mol. The molecule has 2 aromatic rings. The van der Waals surface area contributed by atoms with Crippen molar-refractivity contribution in [3.63, 3.8) is 0 Å². The van der Waals surface area contributed by atoms with E-state index in [0.717, 1.165) is 19.3 Å². The number of carbonyl (C=O) groups excluding carboxylic acids is 3. The highest BCUT2D eigenvalue weighted by atomic mass is 127. The van der Waals surface area contributed by atoms with Gasteiger partial charge in [0, 0.05) is 19.0 Å². The molecule has 0 radical (unpaired) electrons. The zero-order valence-electron chi connectivity index (χ0n) is 17.1. The Bertz CT molecular complexity index is 1290. The lowest BCUT2D eigenvalue weighted by Gasteiger charge is -2.30. The van der Waals surface area contributed by atoms with Crippen molar-refractivity contribution in [2.24, 2.45) is 23.7 Å². The van der Waals surface area contributed by atoms with Crippen LogP contribution in [0.4, 0.5) is 0 Å². The van der Waals surface area contributed by atoms with Crippen molar-refractivity contribution in [2.75, 3.05) is 0 Å². The first-order valence-corrected chi connectivity index (χ1v) is 13.8. The van der Waals surface area contributed by atoms with E-state index in [1.165, 1.54) is 12.1 Å². The minimum atomic E-state index is -4.63. The molecule has 178 valence electrons. The van der Waals surface area contributed by atoms with Gasteiger partial charge in [-0.15, -0.1) is 0 Å². The third-order valence-corrected chi connectivity index (χ3v) is 9.21. The van der Waals surface area contributed by atoms with E-state index in [0.29, 0.717) is 12.0 Å².